The Labute approximate surface area is 444 Å². The van der Waals surface area contributed by atoms with Crippen molar-refractivity contribution in [2.24, 2.45) is 0 Å². The van der Waals surface area contributed by atoms with Crippen LogP contribution in [-0.4, -0.2) is 77.6 Å². The first kappa shape index (κ1) is 53.8. The molecule has 6 N–H and O–H groups in total. The molecule has 0 saturated carbocycles. The number of hydrogen-bond donors (Lipinski definition) is 6. The van der Waals surface area contributed by atoms with E-state index in [1.807, 2.05) is 64.1 Å². The largest absolute Gasteiger partial charge is 0.487 e. The summed E-state index contributed by atoms with van der Waals surface area (Å²) in [7, 11) is 0. The van der Waals surface area contributed by atoms with Crippen molar-refractivity contribution in [1.82, 2.24) is 30.6 Å². The Kier molecular flexibility index (Phi) is 18.0. The first-order valence-electron chi connectivity index (χ1n) is 23.6. The van der Waals surface area contributed by atoms with Crippen molar-refractivity contribution in [3.8, 4) is 34.1 Å². The zero-order valence-electron chi connectivity index (χ0n) is 40.9. The summed E-state index contributed by atoms with van der Waals surface area (Å²) in [5, 5.41) is 46.8. The smallest absolute Gasteiger partial charge is 0.320 e. The second-order valence-corrected chi connectivity index (χ2v) is 20.6. The van der Waals surface area contributed by atoms with E-state index >= 15 is 0 Å². The Balaban J connectivity index is 1.00. The maximum atomic E-state index is 11.9. The van der Waals surface area contributed by atoms with E-state index in [0.717, 1.165) is 63.8 Å². The van der Waals surface area contributed by atoms with E-state index in [1.165, 1.54) is 22.7 Å². The summed E-state index contributed by atoms with van der Waals surface area (Å²) >= 11 is 16.8. The molecule has 0 aliphatic heterocycles. The molecule has 4 aromatic carbocycles. The number of aryl methyl sites for hydroxylation is 2. The number of pyridine rings is 2. The Hall–Kier alpha value is -6.48. The molecule has 4 aromatic heterocycles. The third kappa shape index (κ3) is 12.9. The van der Waals surface area contributed by atoms with E-state index in [0.29, 0.717) is 55.6 Å². The summed E-state index contributed by atoms with van der Waals surface area (Å²) in [5.74, 6) is -0.610. The highest BCUT2D eigenvalue weighted by molar-refractivity contribution is 7.19. The fourth-order valence-corrected chi connectivity index (χ4v) is 10.6. The van der Waals surface area contributed by atoms with Gasteiger partial charge in [0, 0.05) is 62.0 Å². The standard InChI is InChI=1S/C54H54Cl2N6O10S2/c1-29-33(25-69-49-21-47(35(19-39(49)55)23-59-43(13-17-63)53(65)66)71-27-45-51-41(11-15-57-45)61-31(3)73-51)7-5-9-37(29)38-10-6-8-34(30(38)2)26-70-50-22-48(36(20-40(50)56)24-60-44(14-18-64)54(67)68)72-28-46-52-42(12-16-58-46)62-32(4)74-52/h5-12,15-16,19-22,43-44,59-60,63-64H,13-14,17-18,23-28H2,1-4H3,(H,65,66)(H,67,68). The predicted molar refractivity (Wildman–Crippen MR) is 286 cm³/mol. The number of carboxylic acid groups (broad SMARTS) is 2. The van der Waals surface area contributed by atoms with Crippen molar-refractivity contribution in [2.75, 3.05) is 13.2 Å². The molecule has 16 nitrogen and oxygen atoms in total. The van der Waals surface area contributed by atoms with Crippen molar-refractivity contribution in [3.05, 3.63) is 150 Å². The number of aliphatic carboxylic acids is 2. The minimum Gasteiger partial charge on any atom is -0.487 e. The molecule has 74 heavy (non-hydrogen) atoms. The van der Waals surface area contributed by atoms with E-state index in [4.69, 9.17) is 42.1 Å². The number of ether oxygens (including phenoxy) is 4. The molecule has 2 unspecified atom stereocenters. The van der Waals surface area contributed by atoms with Crippen LogP contribution in [0.25, 0.3) is 31.6 Å². The van der Waals surface area contributed by atoms with E-state index in [2.05, 4.69) is 42.7 Å². The normalized spacial score (nSPS) is 12.3. The quantitative estimate of drug-likeness (QED) is 0.0313. The first-order chi connectivity index (χ1) is 35.7. The Bertz CT molecular complexity index is 3100. The molecular formula is C54H54Cl2N6O10S2. The van der Waals surface area contributed by atoms with E-state index < -0.39 is 24.0 Å². The molecular weight excluding hydrogens is 1030 g/mol. The summed E-state index contributed by atoms with van der Waals surface area (Å²) in [6, 6.07) is 20.5. The highest BCUT2D eigenvalue weighted by atomic mass is 35.5. The minimum absolute atomic E-state index is 0.0194. The molecule has 8 aromatic rings. The molecule has 4 heterocycles. The molecule has 0 bridgehead atoms. The number of halogens is 2. The second kappa shape index (κ2) is 24.7. The van der Waals surface area contributed by atoms with Crippen molar-refractivity contribution in [2.45, 2.75) is 92.1 Å². The zero-order chi connectivity index (χ0) is 52.5. The molecule has 0 fully saturated rings. The van der Waals surface area contributed by atoms with Gasteiger partial charge in [0.15, 0.2) is 0 Å². The van der Waals surface area contributed by atoms with Gasteiger partial charge < -0.3 is 50.0 Å². The maximum Gasteiger partial charge on any atom is 0.320 e. The average molecular weight is 1080 g/mol. The van der Waals surface area contributed by atoms with Crippen LogP contribution in [0.15, 0.2) is 85.2 Å². The molecule has 0 radical (unpaired) electrons. The molecule has 0 aliphatic rings. The topological polar surface area (TPSA) is 228 Å². The van der Waals surface area contributed by atoms with E-state index in [9.17, 15) is 30.0 Å². The lowest BCUT2D eigenvalue weighted by Gasteiger charge is -2.20. The van der Waals surface area contributed by atoms with Crippen LogP contribution in [0.5, 0.6) is 23.0 Å². The number of aliphatic hydroxyl groups excluding tert-OH is 2. The molecule has 0 saturated heterocycles. The number of nitrogens with one attached hydrogen (secondary N) is 2. The Morgan fingerprint density at radius 1 is 0.568 bits per heavy atom. The van der Waals surface area contributed by atoms with Gasteiger partial charge in [0.25, 0.3) is 0 Å². The molecule has 0 spiro atoms. The van der Waals surface area contributed by atoms with Crippen LogP contribution in [0.2, 0.25) is 10.0 Å². The number of hydrogen-bond acceptors (Lipinski definition) is 16. The second-order valence-electron chi connectivity index (χ2n) is 17.4. The van der Waals surface area contributed by atoms with Crippen LogP contribution in [0.1, 0.15) is 67.6 Å². The molecule has 386 valence electrons. The molecule has 0 aliphatic carbocycles. The van der Waals surface area contributed by atoms with Crippen LogP contribution < -0.4 is 29.6 Å². The van der Waals surface area contributed by atoms with Gasteiger partial charge in [-0.15, -0.1) is 22.7 Å². The monoisotopic (exact) mass is 1080 g/mol. The van der Waals surface area contributed by atoms with Crippen LogP contribution in [-0.2, 0) is 49.1 Å². The van der Waals surface area contributed by atoms with E-state index in [-0.39, 0.29) is 65.6 Å². The van der Waals surface area contributed by atoms with Crippen LogP contribution in [0.3, 0.4) is 0 Å². The molecule has 20 heteroatoms. The van der Waals surface area contributed by atoms with Crippen molar-refractivity contribution >= 4 is 78.2 Å². The lowest BCUT2D eigenvalue weighted by Crippen LogP contribution is -2.37. The van der Waals surface area contributed by atoms with Gasteiger partial charge in [0.05, 0.1) is 51.9 Å². The van der Waals surface area contributed by atoms with Crippen molar-refractivity contribution in [1.29, 1.82) is 0 Å². The Morgan fingerprint density at radius 3 is 1.36 bits per heavy atom. The fraction of sp³-hybridized carbons (Fsp3) is 0.296. The number of rotatable bonds is 25. The van der Waals surface area contributed by atoms with Gasteiger partial charge in [0.1, 0.15) is 61.5 Å². The number of benzene rings is 4. The predicted octanol–water partition coefficient (Wildman–Crippen LogP) is 10.1. The summed E-state index contributed by atoms with van der Waals surface area (Å²) in [5.41, 5.74) is 10.0. The maximum absolute atomic E-state index is 11.9. The SMILES string of the molecule is Cc1nc2ccnc(COc3cc(OCc4cccc(-c5cccc(COc6cc(OCc7nccc8nc(C)sc78)c(CNC(CCO)C(=O)O)cc6Cl)c5C)c4C)c(Cl)cc3CNC(CCO)C(=O)O)c2s1. The molecule has 8 rings (SSSR count). The summed E-state index contributed by atoms with van der Waals surface area (Å²) in [4.78, 5) is 42.1. The zero-order valence-corrected chi connectivity index (χ0v) is 44.1. The van der Waals surface area contributed by atoms with Crippen molar-refractivity contribution in [3.63, 3.8) is 0 Å². The van der Waals surface area contributed by atoms with Gasteiger partial charge in [0.2, 0.25) is 0 Å². The average Bonchev–Trinajstić information content (AvgIpc) is 3.97. The van der Waals surface area contributed by atoms with Crippen LogP contribution >= 0.6 is 45.9 Å². The van der Waals surface area contributed by atoms with Gasteiger partial charge in [-0.2, -0.15) is 0 Å². The lowest BCUT2D eigenvalue weighted by atomic mass is 9.92. The summed E-state index contributed by atoms with van der Waals surface area (Å²) in [6.45, 7) is 8.06. The van der Waals surface area contributed by atoms with Crippen LogP contribution in [0.4, 0.5) is 0 Å². The third-order valence-corrected chi connectivity index (χ3v) is 15.0. The number of aliphatic hydroxyl groups is 2. The summed E-state index contributed by atoms with van der Waals surface area (Å²) in [6.07, 6.45) is 3.41. The fourth-order valence-electron chi connectivity index (χ4n) is 8.38. The van der Waals surface area contributed by atoms with Gasteiger partial charge in [-0.25, -0.2) is 9.97 Å². The number of aromatic nitrogens is 4. The van der Waals surface area contributed by atoms with Gasteiger partial charge >= 0.3 is 11.9 Å². The lowest BCUT2D eigenvalue weighted by molar-refractivity contribution is -0.140. The Morgan fingerprint density at radius 2 is 0.973 bits per heavy atom. The third-order valence-electron chi connectivity index (χ3n) is 12.4. The highest BCUT2D eigenvalue weighted by Gasteiger charge is 2.22. The number of carboxylic acids is 2. The minimum atomic E-state index is -1.09. The van der Waals surface area contributed by atoms with Crippen LogP contribution in [0, 0.1) is 27.7 Å². The number of carbonyl (C=O) groups is 2. The van der Waals surface area contributed by atoms with Gasteiger partial charge in [-0.1, -0.05) is 59.6 Å². The number of fused-ring (bicyclic) bond motifs is 2. The first-order valence-corrected chi connectivity index (χ1v) is 26.0. The summed E-state index contributed by atoms with van der Waals surface area (Å²) < 4.78 is 27.5. The molecule has 0 amide bonds. The molecule has 2 atom stereocenters. The van der Waals surface area contributed by atoms with Gasteiger partial charge in [-0.3, -0.25) is 19.6 Å². The number of thiazole rings is 2. The number of nitrogens with zero attached hydrogens (tertiary/aromatic N) is 4. The highest BCUT2D eigenvalue weighted by Crippen LogP contribution is 2.38. The van der Waals surface area contributed by atoms with E-state index in [1.54, 1.807) is 36.7 Å². The van der Waals surface area contributed by atoms with Crippen molar-refractivity contribution < 1.29 is 49.0 Å². The van der Waals surface area contributed by atoms with Gasteiger partial charge in [-0.05, 0) is 98.2 Å².